The van der Waals surface area contributed by atoms with Crippen molar-refractivity contribution in [1.82, 2.24) is 0 Å². The van der Waals surface area contributed by atoms with Gasteiger partial charge in [-0.3, -0.25) is 9.36 Å². The van der Waals surface area contributed by atoms with Crippen molar-refractivity contribution >= 4 is 25.1 Å². The highest BCUT2D eigenvalue weighted by Gasteiger charge is 2.31. The van der Waals surface area contributed by atoms with Crippen molar-refractivity contribution < 1.29 is 18.6 Å². The van der Waals surface area contributed by atoms with Gasteiger partial charge in [-0.05, 0) is 32.4 Å². The van der Waals surface area contributed by atoms with Crippen molar-refractivity contribution in [2.24, 2.45) is 5.92 Å². The molecule has 0 radical (unpaired) electrons. The number of benzene rings is 1. The number of rotatable bonds is 11. The largest absolute Gasteiger partial charge is 0.466 e. The number of esters is 1. The number of hydrogen-bond donors (Lipinski definition) is 0. The quantitative estimate of drug-likeness (QED) is 0.315. The van der Waals surface area contributed by atoms with Gasteiger partial charge in [-0.15, -0.1) is 11.8 Å². The third kappa shape index (κ3) is 7.56. The van der Waals surface area contributed by atoms with Gasteiger partial charge in [0.25, 0.3) is 0 Å². The van der Waals surface area contributed by atoms with E-state index in [2.05, 4.69) is 0 Å². The first-order valence-electron chi connectivity index (χ1n) is 8.11. The summed E-state index contributed by atoms with van der Waals surface area (Å²) in [5, 5.41) is 0. The smallest absolute Gasteiger partial charge is 0.309 e. The Kier molecular flexibility index (Phi) is 9.61. The Morgan fingerprint density at radius 3 is 2.43 bits per heavy atom. The molecule has 0 saturated carbocycles. The fraction of sp³-hybridized carbons (Fsp3) is 0.588. The maximum Gasteiger partial charge on any atom is 0.309 e. The van der Waals surface area contributed by atoms with Crippen molar-refractivity contribution in [3.63, 3.8) is 0 Å². The molecule has 0 saturated heterocycles. The van der Waals surface area contributed by atoms with Crippen LogP contribution in [0.3, 0.4) is 0 Å². The first-order valence-corrected chi connectivity index (χ1v) is 11.1. The van der Waals surface area contributed by atoms with Gasteiger partial charge in [-0.2, -0.15) is 0 Å². The number of thioether (sulfide) groups is 1. The van der Waals surface area contributed by atoms with Crippen LogP contribution in [0.5, 0.6) is 0 Å². The zero-order chi connectivity index (χ0) is 17.1. The van der Waals surface area contributed by atoms with Gasteiger partial charge in [-0.1, -0.05) is 31.5 Å². The van der Waals surface area contributed by atoms with E-state index in [0.717, 1.165) is 11.3 Å². The lowest BCUT2D eigenvalue weighted by atomic mass is 10.1. The minimum Gasteiger partial charge on any atom is -0.466 e. The molecular weight excluding hydrogens is 331 g/mol. The molecule has 0 aliphatic carbocycles. The maximum atomic E-state index is 13.1. The third-order valence-electron chi connectivity index (χ3n) is 3.29. The van der Waals surface area contributed by atoms with Gasteiger partial charge in [0.2, 0.25) is 7.37 Å². The normalized spacial score (nSPS) is 14.9. The second kappa shape index (κ2) is 10.9. The summed E-state index contributed by atoms with van der Waals surface area (Å²) >= 11 is 1.51. The molecule has 1 aromatic rings. The predicted molar refractivity (Wildman–Crippen MR) is 96.3 cm³/mol. The minimum atomic E-state index is -2.89. The van der Waals surface area contributed by atoms with E-state index in [9.17, 15) is 9.36 Å². The molecule has 0 aliphatic rings. The summed E-state index contributed by atoms with van der Waals surface area (Å²) in [7, 11) is -2.89. The van der Waals surface area contributed by atoms with Gasteiger partial charge in [0, 0.05) is 11.1 Å². The van der Waals surface area contributed by atoms with Crippen LogP contribution in [0.2, 0.25) is 0 Å². The molecule has 2 atom stereocenters. The van der Waals surface area contributed by atoms with E-state index < -0.39 is 7.37 Å². The van der Waals surface area contributed by atoms with Crippen LogP contribution in [-0.2, 0) is 18.6 Å². The molecule has 0 aromatic heterocycles. The van der Waals surface area contributed by atoms with E-state index in [1.807, 2.05) is 44.2 Å². The average molecular weight is 358 g/mol. The molecule has 0 fully saturated rings. The molecule has 0 spiro atoms. The molecule has 1 rings (SSSR count). The number of carbonyl (C=O) groups excluding carboxylic acids is 1. The van der Waals surface area contributed by atoms with Crippen LogP contribution in [0.1, 0.15) is 33.6 Å². The second-order valence-electron chi connectivity index (χ2n) is 5.24. The topological polar surface area (TPSA) is 52.6 Å². The molecule has 1 aromatic carbocycles. The molecule has 0 heterocycles. The Hall–Kier alpha value is -0.770. The first-order chi connectivity index (χ1) is 11.0. The van der Waals surface area contributed by atoms with Crippen LogP contribution < -0.4 is 0 Å². The lowest BCUT2D eigenvalue weighted by Crippen LogP contribution is -2.22. The van der Waals surface area contributed by atoms with Crippen molar-refractivity contribution in [3.05, 3.63) is 30.3 Å². The lowest BCUT2D eigenvalue weighted by molar-refractivity contribution is -0.147. The van der Waals surface area contributed by atoms with E-state index in [-0.39, 0.29) is 18.0 Å². The molecule has 23 heavy (non-hydrogen) atoms. The fourth-order valence-corrected chi connectivity index (χ4v) is 6.33. The highest BCUT2D eigenvalue weighted by Crippen LogP contribution is 2.53. The van der Waals surface area contributed by atoms with Crippen molar-refractivity contribution in [2.75, 3.05) is 24.9 Å². The number of carbonyl (C=O) groups is 1. The molecule has 0 amide bonds. The predicted octanol–water partition coefficient (Wildman–Crippen LogP) is 5.03. The summed E-state index contributed by atoms with van der Waals surface area (Å²) in [6.45, 7) is 6.36. The summed E-state index contributed by atoms with van der Waals surface area (Å²) in [4.78, 5) is 13.1. The summed E-state index contributed by atoms with van der Waals surface area (Å²) < 4.78 is 23.8. The van der Waals surface area contributed by atoms with E-state index in [4.69, 9.17) is 9.26 Å². The lowest BCUT2D eigenvalue weighted by Gasteiger charge is -2.22. The Labute approximate surface area is 143 Å². The van der Waals surface area contributed by atoms with Gasteiger partial charge < -0.3 is 9.26 Å². The van der Waals surface area contributed by atoms with Gasteiger partial charge in [-0.25, -0.2) is 0 Å². The third-order valence-corrected chi connectivity index (χ3v) is 7.71. The Balaban J connectivity index is 2.76. The summed E-state index contributed by atoms with van der Waals surface area (Å²) in [5.41, 5.74) is 0.379. The molecular formula is C17H27O4PS. The Morgan fingerprint density at radius 2 is 1.87 bits per heavy atom. The fourth-order valence-electron chi connectivity index (χ4n) is 2.30. The van der Waals surface area contributed by atoms with Gasteiger partial charge in [0.1, 0.15) is 0 Å². The summed E-state index contributed by atoms with van der Waals surface area (Å²) in [5.74, 6) is -0.618. The van der Waals surface area contributed by atoms with Crippen LogP contribution >= 0.6 is 19.1 Å². The van der Waals surface area contributed by atoms with Crippen LogP contribution in [0.15, 0.2) is 35.2 Å². The van der Waals surface area contributed by atoms with Crippen molar-refractivity contribution in [1.29, 1.82) is 0 Å². The Bertz CT molecular complexity index is 507. The molecule has 6 heteroatoms. The molecule has 2 unspecified atom stereocenters. The van der Waals surface area contributed by atoms with Crippen LogP contribution in [0.25, 0.3) is 0 Å². The van der Waals surface area contributed by atoms with E-state index in [1.54, 1.807) is 6.92 Å². The van der Waals surface area contributed by atoms with Gasteiger partial charge >= 0.3 is 5.97 Å². The van der Waals surface area contributed by atoms with Crippen molar-refractivity contribution in [3.8, 4) is 0 Å². The van der Waals surface area contributed by atoms with Gasteiger partial charge in [0.05, 0.1) is 24.6 Å². The zero-order valence-corrected chi connectivity index (χ0v) is 15.9. The van der Waals surface area contributed by atoms with Crippen LogP contribution in [0, 0.1) is 5.92 Å². The van der Waals surface area contributed by atoms with Gasteiger partial charge in [0.15, 0.2) is 0 Å². The number of hydrogen-bond acceptors (Lipinski definition) is 5. The highest BCUT2D eigenvalue weighted by atomic mass is 32.2. The average Bonchev–Trinajstić information content (AvgIpc) is 2.54. The molecule has 0 N–H and O–H groups in total. The SMILES string of the molecule is CCCC(CP(=O)(CSc1ccccc1)OCC)C(=O)OCC. The minimum absolute atomic E-state index is 0.257. The molecule has 0 bridgehead atoms. The van der Waals surface area contributed by atoms with E-state index in [0.29, 0.717) is 25.1 Å². The maximum absolute atomic E-state index is 13.1. The summed E-state index contributed by atoms with van der Waals surface area (Å²) in [6, 6.07) is 9.81. The second-order valence-corrected chi connectivity index (χ2v) is 9.28. The first kappa shape index (κ1) is 20.3. The molecule has 0 aliphatic heterocycles. The standard InChI is InChI=1S/C17H27O4PS/c1-4-10-15(17(18)20-5-2)13-22(19,21-6-3)14-23-16-11-8-7-9-12-16/h7-9,11-12,15H,4-6,10,13-14H2,1-3H3. The Morgan fingerprint density at radius 1 is 1.17 bits per heavy atom. The van der Waals surface area contributed by atoms with Crippen molar-refractivity contribution in [2.45, 2.75) is 38.5 Å². The monoisotopic (exact) mass is 358 g/mol. The summed E-state index contributed by atoms with van der Waals surface area (Å²) in [6.07, 6.45) is 1.78. The van der Waals surface area contributed by atoms with E-state index >= 15 is 0 Å². The highest BCUT2D eigenvalue weighted by molar-refractivity contribution is 8.05. The van der Waals surface area contributed by atoms with Crippen LogP contribution in [0.4, 0.5) is 0 Å². The van der Waals surface area contributed by atoms with E-state index in [1.165, 1.54) is 11.8 Å². The van der Waals surface area contributed by atoms with Crippen LogP contribution in [-0.4, -0.2) is 30.8 Å². The molecule has 4 nitrogen and oxygen atoms in total. The number of ether oxygens (including phenoxy) is 1. The zero-order valence-electron chi connectivity index (χ0n) is 14.2. The molecule has 130 valence electrons.